The molecule has 0 saturated heterocycles. The molecule has 1 aliphatic carbocycles. The SMILES string of the molecule is O=C(O)c1ccc(OC2CC(F)(F)C2)cc1. The first-order valence-electron chi connectivity index (χ1n) is 4.84. The van der Waals surface area contributed by atoms with Gasteiger partial charge in [-0.25, -0.2) is 13.6 Å². The van der Waals surface area contributed by atoms with Crippen LogP contribution in [0.2, 0.25) is 0 Å². The molecule has 1 aromatic rings. The van der Waals surface area contributed by atoms with Gasteiger partial charge in [-0.2, -0.15) is 0 Å². The van der Waals surface area contributed by atoms with Crippen LogP contribution in [0.3, 0.4) is 0 Å². The van der Waals surface area contributed by atoms with E-state index in [4.69, 9.17) is 9.84 Å². The van der Waals surface area contributed by atoms with Gasteiger partial charge in [0.15, 0.2) is 0 Å². The number of carboxylic acids is 1. The average molecular weight is 228 g/mol. The third-order valence-electron chi connectivity index (χ3n) is 2.46. The van der Waals surface area contributed by atoms with Crippen molar-refractivity contribution in [3.05, 3.63) is 29.8 Å². The highest BCUT2D eigenvalue weighted by Crippen LogP contribution is 2.39. The summed E-state index contributed by atoms with van der Waals surface area (Å²) in [7, 11) is 0. The number of hydrogen-bond acceptors (Lipinski definition) is 2. The van der Waals surface area contributed by atoms with E-state index in [9.17, 15) is 13.6 Å². The van der Waals surface area contributed by atoms with Crippen molar-refractivity contribution < 1.29 is 23.4 Å². The Labute approximate surface area is 90.7 Å². The Kier molecular flexibility index (Phi) is 2.53. The fourth-order valence-corrected chi connectivity index (χ4v) is 1.56. The Morgan fingerprint density at radius 1 is 1.31 bits per heavy atom. The molecule has 1 fully saturated rings. The fraction of sp³-hybridized carbons (Fsp3) is 0.364. The van der Waals surface area contributed by atoms with Crippen LogP contribution in [0.15, 0.2) is 24.3 Å². The van der Waals surface area contributed by atoms with Gasteiger partial charge in [0.25, 0.3) is 5.92 Å². The molecule has 1 N–H and O–H groups in total. The Bertz CT molecular complexity index is 392. The number of carboxylic acid groups (broad SMARTS) is 1. The molecule has 1 aliphatic rings. The minimum atomic E-state index is -2.61. The third-order valence-corrected chi connectivity index (χ3v) is 2.46. The molecule has 0 spiro atoms. The van der Waals surface area contributed by atoms with Gasteiger partial charge in [-0.3, -0.25) is 0 Å². The quantitative estimate of drug-likeness (QED) is 0.864. The van der Waals surface area contributed by atoms with Crippen molar-refractivity contribution >= 4 is 5.97 Å². The zero-order valence-electron chi connectivity index (χ0n) is 8.32. The number of alkyl halides is 2. The second-order valence-corrected chi connectivity index (χ2v) is 3.83. The van der Waals surface area contributed by atoms with E-state index in [1.165, 1.54) is 24.3 Å². The first kappa shape index (κ1) is 10.9. The molecule has 0 aromatic heterocycles. The molecule has 2 rings (SSSR count). The summed E-state index contributed by atoms with van der Waals surface area (Å²) in [6, 6.07) is 5.71. The van der Waals surface area contributed by atoms with E-state index in [2.05, 4.69) is 0 Å². The Balaban J connectivity index is 1.94. The van der Waals surface area contributed by atoms with Crippen LogP contribution in [0.4, 0.5) is 8.78 Å². The maximum atomic E-state index is 12.5. The number of halogens is 2. The fourth-order valence-electron chi connectivity index (χ4n) is 1.56. The van der Waals surface area contributed by atoms with E-state index in [0.29, 0.717) is 5.75 Å². The number of hydrogen-bond donors (Lipinski definition) is 1. The predicted molar refractivity (Wildman–Crippen MR) is 52.0 cm³/mol. The van der Waals surface area contributed by atoms with Gasteiger partial charge in [-0.15, -0.1) is 0 Å². The number of carbonyl (C=O) groups is 1. The molecule has 0 amide bonds. The van der Waals surface area contributed by atoms with E-state index >= 15 is 0 Å². The summed E-state index contributed by atoms with van der Waals surface area (Å²) in [5.74, 6) is -3.21. The summed E-state index contributed by atoms with van der Waals surface area (Å²) in [6.07, 6.45) is -1.01. The summed E-state index contributed by atoms with van der Waals surface area (Å²) in [5.41, 5.74) is 0.145. The highest BCUT2D eigenvalue weighted by Gasteiger charge is 2.46. The smallest absolute Gasteiger partial charge is 0.335 e. The lowest BCUT2D eigenvalue weighted by Gasteiger charge is -2.34. The zero-order valence-corrected chi connectivity index (χ0v) is 8.32. The number of benzene rings is 1. The minimum absolute atomic E-state index is 0.145. The van der Waals surface area contributed by atoms with Gasteiger partial charge in [0.2, 0.25) is 0 Å². The highest BCUT2D eigenvalue weighted by atomic mass is 19.3. The molecule has 0 unspecified atom stereocenters. The van der Waals surface area contributed by atoms with Gasteiger partial charge in [-0.1, -0.05) is 0 Å². The molecule has 0 bridgehead atoms. The highest BCUT2D eigenvalue weighted by molar-refractivity contribution is 5.87. The zero-order chi connectivity index (χ0) is 11.8. The molecule has 0 radical (unpaired) electrons. The first-order valence-corrected chi connectivity index (χ1v) is 4.84. The van der Waals surface area contributed by atoms with Crippen molar-refractivity contribution in [2.24, 2.45) is 0 Å². The molecule has 0 heterocycles. The van der Waals surface area contributed by atoms with E-state index in [-0.39, 0.29) is 18.4 Å². The second kappa shape index (κ2) is 3.73. The lowest BCUT2D eigenvalue weighted by Crippen LogP contribution is -2.43. The van der Waals surface area contributed by atoms with E-state index < -0.39 is 18.0 Å². The number of ether oxygens (including phenoxy) is 1. The Morgan fingerprint density at radius 3 is 2.31 bits per heavy atom. The lowest BCUT2D eigenvalue weighted by atomic mass is 9.91. The summed E-state index contributed by atoms with van der Waals surface area (Å²) in [5, 5.41) is 8.64. The summed E-state index contributed by atoms with van der Waals surface area (Å²) in [4.78, 5) is 10.5. The summed E-state index contributed by atoms with van der Waals surface area (Å²) < 4.78 is 30.3. The molecular formula is C11H10F2O3. The largest absolute Gasteiger partial charge is 0.490 e. The predicted octanol–water partition coefficient (Wildman–Crippen LogP) is 2.56. The van der Waals surface area contributed by atoms with Crippen LogP contribution in [0.25, 0.3) is 0 Å². The van der Waals surface area contributed by atoms with Crippen LogP contribution in [0.5, 0.6) is 5.75 Å². The lowest BCUT2D eigenvalue weighted by molar-refractivity contribution is -0.134. The van der Waals surface area contributed by atoms with Crippen LogP contribution in [0, 0.1) is 0 Å². The van der Waals surface area contributed by atoms with Gasteiger partial charge < -0.3 is 9.84 Å². The van der Waals surface area contributed by atoms with Crippen molar-refractivity contribution in [1.29, 1.82) is 0 Å². The molecule has 16 heavy (non-hydrogen) atoms. The maximum absolute atomic E-state index is 12.5. The molecular weight excluding hydrogens is 218 g/mol. The molecule has 1 saturated carbocycles. The maximum Gasteiger partial charge on any atom is 0.335 e. The van der Waals surface area contributed by atoms with Gasteiger partial charge in [-0.05, 0) is 24.3 Å². The first-order chi connectivity index (χ1) is 7.46. The van der Waals surface area contributed by atoms with Crippen molar-refractivity contribution in [3.63, 3.8) is 0 Å². The van der Waals surface area contributed by atoms with Gasteiger partial charge >= 0.3 is 5.97 Å². The molecule has 0 atom stereocenters. The Morgan fingerprint density at radius 2 is 1.88 bits per heavy atom. The van der Waals surface area contributed by atoms with E-state index in [1.54, 1.807) is 0 Å². The van der Waals surface area contributed by atoms with Crippen molar-refractivity contribution in [3.8, 4) is 5.75 Å². The van der Waals surface area contributed by atoms with Gasteiger partial charge in [0, 0.05) is 12.8 Å². The third kappa shape index (κ3) is 2.29. The van der Waals surface area contributed by atoms with Crippen LogP contribution in [0.1, 0.15) is 23.2 Å². The van der Waals surface area contributed by atoms with Crippen LogP contribution < -0.4 is 4.74 Å². The number of rotatable bonds is 3. The Hall–Kier alpha value is -1.65. The molecule has 86 valence electrons. The minimum Gasteiger partial charge on any atom is -0.490 e. The standard InChI is InChI=1S/C11H10F2O3/c12-11(13)5-9(6-11)16-8-3-1-7(2-4-8)10(14)15/h1-4,9H,5-6H2,(H,14,15). The molecule has 5 heteroatoms. The molecule has 0 aliphatic heterocycles. The normalized spacial score (nSPS) is 18.9. The van der Waals surface area contributed by atoms with Crippen LogP contribution >= 0.6 is 0 Å². The topological polar surface area (TPSA) is 46.5 Å². The van der Waals surface area contributed by atoms with Crippen molar-refractivity contribution in [2.45, 2.75) is 24.9 Å². The number of aromatic carboxylic acids is 1. The second-order valence-electron chi connectivity index (χ2n) is 3.83. The molecule has 3 nitrogen and oxygen atoms in total. The van der Waals surface area contributed by atoms with Crippen molar-refractivity contribution in [1.82, 2.24) is 0 Å². The molecule has 1 aromatic carbocycles. The van der Waals surface area contributed by atoms with Gasteiger partial charge in [0.1, 0.15) is 11.9 Å². The monoisotopic (exact) mass is 228 g/mol. The summed E-state index contributed by atoms with van der Waals surface area (Å²) in [6.45, 7) is 0. The van der Waals surface area contributed by atoms with E-state index in [0.717, 1.165) is 0 Å². The van der Waals surface area contributed by atoms with E-state index in [1.807, 2.05) is 0 Å². The van der Waals surface area contributed by atoms with Crippen LogP contribution in [-0.4, -0.2) is 23.1 Å². The van der Waals surface area contributed by atoms with Crippen molar-refractivity contribution in [2.75, 3.05) is 0 Å². The van der Waals surface area contributed by atoms with Crippen LogP contribution in [-0.2, 0) is 0 Å². The average Bonchev–Trinajstić information content (AvgIpc) is 2.15. The van der Waals surface area contributed by atoms with Gasteiger partial charge in [0.05, 0.1) is 5.56 Å². The summed E-state index contributed by atoms with van der Waals surface area (Å²) >= 11 is 0.